The summed E-state index contributed by atoms with van der Waals surface area (Å²) in [5, 5.41) is 17.5. The average Bonchev–Trinajstić information content (AvgIpc) is 3.78. The van der Waals surface area contributed by atoms with Gasteiger partial charge in [-0.1, -0.05) is 23.7 Å². The molecule has 1 atom stereocenters. The van der Waals surface area contributed by atoms with Gasteiger partial charge in [0.15, 0.2) is 17.3 Å². The molecule has 14 nitrogen and oxygen atoms in total. The predicted molar refractivity (Wildman–Crippen MR) is 197 cm³/mol. The number of ether oxygens (including phenoxy) is 1. The molecule has 1 saturated heterocycles. The highest BCUT2D eigenvalue weighted by molar-refractivity contribution is 6.33. The molecule has 5 aromatic rings. The molecular weight excluding hydrogens is 755 g/mol. The number of carbonyl (C=O) groups excluding carboxylic acids is 2. The molecule has 2 amide bonds. The number of carbonyl (C=O) groups is 2. The summed E-state index contributed by atoms with van der Waals surface area (Å²) < 4.78 is 49.2. The first kappa shape index (κ1) is 37.5. The Hall–Kier alpha value is -5.39. The van der Waals surface area contributed by atoms with Gasteiger partial charge in [0.1, 0.15) is 18.5 Å². The fraction of sp³-hybridized carbons (Fsp3) is 0.395. The van der Waals surface area contributed by atoms with Crippen LogP contribution in [0.3, 0.4) is 0 Å². The van der Waals surface area contributed by atoms with Gasteiger partial charge in [0.2, 0.25) is 11.7 Å². The molecule has 3 aliphatic heterocycles. The van der Waals surface area contributed by atoms with Crippen molar-refractivity contribution in [3.63, 3.8) is 0 Å². The van der Waals surface area contributed by atoms with Gasteiger partial charge >= 0.3 is 6.18 Å². The first-order valence-corrected chi connectivity index (χ1v) is 18.3. The van der Waals surface area contributed by atoms with Crippen LogP contribution in [0.5, 0.6) is 5.75 Å². The zero-order valence-corrected chi connectivity index (χ0v) is 31.8. The predicted octanol–water partition coefficient (Wildman–Crippen LogP) is 5.58. The van der Waals surface area contributed by atoms with Crippen LogP contribution in [0, 0.1) is 6.92 Å². The highest BCUT2D eigenvalue weighted by Gasteiger charge is 2.51. The number of aromatic nitrogens is 6. The zero-order chi connectivity index (χ0) is 40.1. The lowest BCUT2D eigenvalue weighted by atomic mass is 9.85. The Labute approximate surface area is 322 Å². The van der Waals surface area contributed by atoms with E-state index in [-0.39, 0.29) is 76.5 Å². The third-order valence-electron chi connectivity index (χ3n) is 11.4. The van der Waals surface area contributed by atoms with Gasteiger partial charge in [-0.05, 0) is 83.0 Å². The van der Waals surface area contributed by atoms with Crippen LogP contribution in [0.1, 0.15) is 83.8 Å². The molecular formula is C38H37ClF3N9O5. The lowest BCUT2D eigenvalue weighted by molar-refractivity contribution is -0.137. The molecule has 2 N–H and O–H groups in total. The molecule has 0 bridgehead atoms. The molecule has 3 aromatic heterocycles. The van der Waals surface area contributed by atoms with Crippen molar-refractivity contribution in [2.24, 2.45) is 0 Å². The molecule has 8 rings (SSSR count). The molecule has 292 valence electrons. The number of alkyl halides is 3. The molecule has 0 aliphatic carbocycles. The van der Waals surface area contributed by atoms with Crippen molar-refractivity contribution in [1.29, 1.82) is 0 Å². The van der Waals surface area contributed by atoms with Gasteiger partial charge in [0, 0.05) is 30.7 Å². The summed E-state index contributed by atoms with van der Waals surface area (Å²) in [6.07, 6.45) is -3.75. The summed E-state index contributed by atoms with van der Waals surface area (Å²) in [6, 6.07) is 8.55. The Kier molecular flexibility index (Phi) is 8.78. The molecule has 0 saturated carbocycles. The third-order valence-corrected chi connectivity index (χ3v) is 11.7. The monoisotopic (exact) mass is 791 g/mol. The van der Waals surface area contributed by atoms with Crippen LogP contribution in [0.15, 0.2) is 47.5 Å². The highest BCUT2D eigenvalue weighted by Crippen LogP contribution is 2.48. The molecule has 1 fully saturated rings. The minimum atomic E-state index is -4.63. The number of hydrogen-bond acceptors (Lipinski definition) is 10. The van der Waals surface area contributed by atoms with E-state index in [0.29, 0.717) is 17.8 Å². The molecule has 18 heteroatoms. The standard InChI is InChI=1S/C38H37ClF3N9O5/c1-19-31(53)29(44-18-43-19)34(55)49-12-10-37(11-13-49)28-30(20(2)56-37)50(17-27(52)45-26-9-7-23(15-25(26)39)38(40,41)42)35-46-32(47-51(35)33(28)54)21-6-8-24-22(14-21)16-48(5)36(24,3)4/h6-9,14-15,18,20,53H,10-13,16-17H2,1-5H3,(H,45,52)/t20-/m0/s1. The van der Waals surface area contributed by atoms with Gasteiger partial charge in [-0.15, -0.1) is 5.10 Å². The van der Waals surface area contributed by atoms with Crippen molar-refractivity contribution in [2.75, 3.05) is 25.5 Å². The van der Waals surface area contributed by atoms with E-state index in [2.05, 4.69) is 39.1 Å². The number of piperidine rings is 1. The summed E-state index contributed by atoms with van der Waals surface area (Å²) in [5.41, 5.74) is 0.840. The number of hydrogen-bond donors (Lipinski definition) is 2. The fourth-order valence-corrected chi connectivity index (χ4v) is 8.34. The Morgan fingerprint density at radius 1 is 1.11 bits per heavy atom. The van der Waals surface area contributed by atoms with Gasteiger partial charge in [0.25, 0.3) is 11.5 Å². The summed E-state index contributed by atoms with van der Waals surface area (Å²) in [5.74, 6) is -1.14. The quantitative estimate of drug-likeness (QED) is 0.230. The number of nitrogens with zero attached hydrogens (tertiary/aromatic N) is 8. The fourth-order valence-electron chi connectivity index (χ4n) is 8.11. The summed E-state index contributed by atoms with van der Waals surface area (Å²) in [6.45, 7) is 8.17. The van der Waals surface area contributed by atoms with E-state index in [1.165, 1.54) is 11.2 Å². The number of amides is 2. The van der Waals surface area contributed by atoms with E-state index in [1.807, 2.05) is 25.2 Å². The number of rotatable bonds is 5. The Morgan fingerprint density at radius 3 is 2.54 bits per heavy atom. The van der Waals surface area contributed by atoms with E-state index in [1.54, 1.807) is 18.4 Å². The first-order chi connectivity index (χ1) is 26.4. The van der Waals surface area contributed by atoms with Crippen molar-refractivity contribution in [1.82, 2.24) is 38.9 Å². The Balaban J connectivity index is 1.19. The summed E-state index contributed by atoms with van der Waals surface area (Å²) in [4.78, 5) is 58.3. The van der Waals surface area contributed by atoms with Crippen LogP contribution in [-0.4, -0.2) is 76.0 Å². The van der Waals surface area contributed by atoms with Crippen LogP contribution in [0.2, 0.25) is 5.02 Å². The van der Waals surface area contributed by atoms with Gasteiger partial charge in [-0.25, -0.2) is 9.97 Å². The number of anilines is 1. The SMILES string of the molecule is Cc1ncnc(C(=O)N2CCC3(CC2)O[C@@H](C)c2c3c(=O)n3nc(-c4ccc5c(c4)CN(C)C5(C)C)nc3n2CC(=O)Nc2ccc(C(F)(F)F)cc2Cl)c1O. The van der Waals surface area contributed by atoms with Crippen molar-refractivity contribution < 1.29 is 32.6 Å². The lowest BCUT2D eigenvalue weighted by Crippen LogP contribution is -2.47. The molecule has 1 spiro atoms. The molecule has 0 radical (unpaired) electrons. The van der Waals surface area contributed by atoms with Gasteiger partial charge in [-0.3, -0.25) is 19.3 Å². The van der Waals surface area contributed by atoms with Crippen molar-refractivity contribution in [3.8, 4) is 17.1 Å². The number of fused-ring (bicyclic) bond motifs is 4. The van der Waals surface area contributed by atoms with Crippen LogP contribution in [0.25, 0.3) is 17.2 Å². The number of benzene rings is 2. The summed E-state index contributed by atoms with van der Waals surface area (Å²) in [7, 11) is 2.04. The maximum Gasteiger partial charge on any atom is 0.416 e. The maximum atomic E-state index is 14.6. The van der Waals surface area contributed by atoms with Crippen LogP contribution >= 0.6 is 11.6 Å². The van der Waals surface area contributed by atoms with E-state index in [0.717, 1.165) is 33.8 Å². The van der Waals surface area contributed by atoms with Gasteiger partial charge in [0.05, 0.1) is 39.3 Å². The maximum absolute atomic E-state index is 14.6. The Morgan fingerprint density at radius 2 is 1.84 bits per heavy atom. The number of halogens is 4. The molecule has 3 aliphatic rings. The normalized spacial score (nSPS) is 18.7. The topological polar surface area (TPSA) is 160 Å². The molecule has 0 unspecified atom stereocenters. The second-order valence-electron chi connectivity index (χ2n) is 15.0. The van der Waals surface area contributed by atoms with Crippen molar-refractivity contribution in [3.05, 3.63) is 97.4 Å². The lowest BCUT2D eigenvalue weighted by Gasteiger charge is -2.39. The number of aromatic hydroxyl groups is 1. The van der Waals surface area contributed by atoms with E-state index < -0.39 is 47.4 Å². The third kappa shape index (κ3) is 5.99. The van der Waals surface area contributed by atoms with Gasteiger partial charge < -0.3 is 24.6 Å². The molecule has 6 heterocycles. The van der Waals surface area contributed by atoms with Crippen molar-refractivity contribution in [2.45, 2.75) is 77.0 Å². The zero-order valence-electron chi connectivity index (χ0n) is 31.0. The Bertz CT molecular complexity index is 2530. The highest BCUT2D eigenvalue weighted by atomic mass is 35.5. The molecule has 2 aromatic carbocycles. The minimum Gasteiger partial charge on any atom is -0.504 e. The second-order valence-corrected chi connectivity index (χ2v) is 15.4. The molecule has 56 heavy (non-hydrogen) atoms. The van der Waals surface area contributed by atoms with E-state index in [4.69, 9.17) is 21.3 Å². The largest absolute Gasteiger partial charge is 0.504 e. The van der Waals surface area contributed by atoms with Crippen molar-refractivity contribution >= 4 is 34.9 Å². The van der Waals surface area contributed by atoms with Crippen LogP contribution in [0.4, 0.5) is 18.9 Å². The number of nitrogens with one attached hydrogen (secondary N) is 1. The number of likely N-dealkylation sites (tertiary alicyclic amines) is 1. The minimum absolute atomic E-state index is 0.0331. The van der Waals surface area contributed by atoms with Crippen LogP contribution < -0.4 is 10.9 Å². The van der Waals surface area contributed by atoms with E-state index >= 15 is 0 Å². The first-order valence-electron chi connectivity index (χ1n) is 17.9. The average molecular weight is 792 g/mol. The van der Waals surface area contributed by atoms with Crippen LogP contribution in [-0.2, 0) is 39.9 Å². The number of aryl methyl sites for hydroxylation is 1. The second kappa shape index (κ2) is 13.1. The summed E-state index contributed by atoms with van der Waals surface area (Å²) >= 11 is 6.18. The van der Waals surface area contributed by atoms with Gasteiger partial charge in [-0.2, -0.15) is 22.7 Å². The van der Waals surface area contributed by atoms with E-state index in [9.17, 15) is 32.7 Å². The smallest absolute Gasteiger partial charge is 0.416 e.